The summed E-state index contributed by atoms with van der Waals surface area (Å²) in [5.74, 6) is 0. The Balaban J connectivity index is 0.00000162. The SMILES string of the molecule is Cl.NC1CCCN(C(=O)Nc2ccc(Cl)cc2)C1. The summed E-state index contributed by atoms with van der Waals surface area (Å²) < 4.78 is 0. The van der Waals surface area contributed by atoms with Gasteiger partial charge in [0.1, 0.15) is 0 Å². The van der Waals surface area contributed by atoms with Gasteiger partial charge in [0.05, 0.1) is 0 Å². The second kappa shape index (κ2) is 6.83. The third-order valence-electron chi connectivity index (χ3n) is 2.84. The van der Waals surface area contributed by atoms with Gasteiger partial charge in [0.2, 0.25) is 0 Å². The van der Waals surface area contributed by atoms with Crippen molar-refractivity contribution in [1.29, 1.82) is 0 Å². The second-order valence-electron chi connectivity index (χ2n) is 4.29. The number of anilines is 1. The Morgan fingerprint density at radius 2 is 2.06 bits per heavy atom. The Bertz CT molecular complexity index is 397. The quantitative estimate of drug-likeness (QED) is 0.835. The molecule has 1 unspecified atom stereocenters. The molecule has 1 saturated heterocycles. The fourth-order valence-corrected chi connectivity index (χ4v) is 2.06. The molecule has 0 bridgehead atoms. The van der Waals surface area contributed by atoms with Crippen LogP contribution < -0.4 is 11.1 Å². The smallest absolute Gasteiger partial charge is 0.321 e. The van der Waals surface area contributed by atoms with Gasteiger partial charge in [-0.25, -0.2) is 4.79 Å². The Morgan fingerprint density at radius 3 is 2.67 bits per heavy atom. The number of nitrogens with two attached hydrogens (primary N) is 1. The topological polar surface area (TPSA) is 58.4 Å². The van der Waals surface area contributed by atoms with Crippen LogP contribution in [-0.2, 0) is 0 Å². The van der Waals surface area contributed by atoms with Crippen molar-refractivity contribution in [2.75, 3.05) is 18.4 Å². The number of rotatable bonds is 1. The fourth-order valence-electron chi connectivity index (χ4n) is 1.93. The van der Waals surface area contributed by atoms with Crippen molar-refractivity contribution in [3.8, 4) is 0 Å². The van der Waals surface area contributed by atoms with Crippen LogP contribution in [0, 0.1) is 0 Å². The van der Waals surface area contributed by atoms with Gasteiger partial charge in [0.25, 0.3) is 0 Å². The van der Waals surface area contributed by atoms with E-state index in [-0.39, 0.29) is 24.5 Å². The first-order chi connectivity index (χ1) is 8.15. The Hall–Kier alpha value is -0.970. The summed E-state index contributed by atoms with van der Waals surface area (Å²) in [5, 5.41) is 3.49. The minimum Gasteiger partial charge on any atom is -0.326 e. The lowest BCUT2D eigenvalue weighted by Crippen LogP contribution is -2.47. The molecule has 18 heavy (non-hydrogen) atoms. The molecule has 1 fully saturated rings. The number of carbonyl (C=O) groups is 1. The number of amides is 2. The number of urea groups is 1. The molecular formula is C12H17Cl2N3O. The van der Waals surface area contributed by atoms with Crippen molar-refractivity contribution in [1.82, 2.24) is 4.90 Å². The molecule has 1 atom stereocenters. The summed E-state index contributed by atoms with van der Waals surface area (Å²) in [6.45, 7) is 1.40. The van der Waals surface area contributed by atoms with Gasteiger partial charge in [-0.05, 0) is 37.1 Å². The van der Waals surface area contributed by atoms with E-state index in [1.807, 2.05) is 0 Å². The van der Waals surface area contributed by atoms with E-state index in [0.29, 0.717) is 11.6 Å². The number of piperidine rings is 1. The number of likely N-dealkylation sites (tertiary alicyclic amines) is 1. The van der Waals surface area contributed by atoms with Gasteiger partial charge in [0, 0.05) is 29.8 Å². The van der Waals surface area contributed by atoms with Gasteiger partial charge in [0.15, 0.2) is 0 Å². The van der Waals surface area contributed by atoms with Gasteiger partial charge >= 0.3 is 6.03 Å². The van der Waals surface area contributed by atoms with E-state index in [0.717, 1.165) is 25.1 Å². The summed E-state index contributed by atoms with van der Waals surface area (Å²) in [6.07, 6.45) is 1.96. The lowest BCUT2D eigenvalue weighted by molar-refractivity contribution is 0.193. The monoisotopic (exact) mass is 289 g/mol. The molecule has 0 aliphatic carbocycles. The predicted octanol–water partition coefficient (Wildman–Crippen LogP) is 2.72. The molecule has 100 valence electrons. The van der Waals surface area contributed by atoms with Crippen LogP contribution in [0.5, 0.6) is 0 Å². The Kier molecular flexibility index (Phi) is 5.72. The van der Waals surface area contributed by atoms with Crippen molar-refractivity contribution in [2.24, 2.45) is 5.73 Å². The molecule has 1 aromatic carbocycles. The predicted molar refractivity (Wildman–Crippen MR) is 76.5 cm³/mol. The molecular weight excluding hydrogens is 273 g/mol. The summed E-state index contributed by atoms with van der Waals surface area (Å²) in [6, 6.07) is 7.06. The number of halogens is 2. The molecule has 6 heteroatoms. The van der Waals surface area contributed by atoms with Gasteiger partial charge in [-0.2, -0.15) is 0 Å². The highest BCUT2D eigenvalue weighted by atomic mass is 35.5. The van der Waals surface area contributed by atoms with Crippen LogP contribution in [0.4, 0.5) is 10.5 Å². The average molecular weight is 290 g/mol. The summed E-state index contributed by atoms with van der Waals surface area (Å²) >= 11 is 5.78. The normalized spacial score (nSPS) is 19.0. The Morgan fingerprint density at radius 1 is 1.39 bits per heavy atom. The molecule has 1 aliphatic heterocycles. The van der Waals surface area contributed by atoms with Crippen LogP contribution in [0.2, 0.25) is 5.02 Å². The van der Waals surface area contributed by atoms with Gasteiger partial charge in [-0.3, -0.25) is 0 Å². The number of benzene rings is 1. The number of hydrogen-bond acceptors (Lipinski definition) is 2. The van der Waals surface area contributed by atoms with Crippen LogP contribution in [0.3, 0.4) is 0 Å². The van der Waals surface area contributed by atoms with Crippen LogP contribution in [0.25, 0.3) is 0 Å². The van der Waals surface area contributed by atoms with Crippen molar-refractivity contribution in [3.05, 3.63) is 29.3 Å². The Labute approximate surface area is 118 Å². The highest BCUT2D eigenvalue weighted by Gasteiger charge is 2.20. The highest BCUT2D eigenvalue weighted by Crippen LogP contribution is 2.15. The van der Waals surface area contributed by atoms with Crippen molar-refractivity contribution in [3.63, 3.8) is 0 Å². The zero-order chi connectivity index (χ0) is 12.3. The molecule has 2 rings (SSSR count). The van der Waals surface area contributed by atoms with E-state index >= 15 is 0 Å². The first-order valence-corrected chi connectivity index (χ1v) is 6.10. The van der Waals surface area contributed by atoms with E-state index in [2.05, 4.69) is 5.32 Å². The molecule has 0 radical (unpaired) electrons. The lowest BCUT2D eigenvalue weighted by atomic mass is 10.1. The van der Waals surface area contributed by atoms with Crippen LogP contribution in [0.1, 0.15) is 12.8 Å². The lowest BCUT2D eigenvalue weighted by Gasteiger charge is -2.30. The van der Waals surface area contributed by atoms with E-state index in [9.17, 15) is 4.79 Å². The fraction of sp³-hybridized carbons (Fsp3) is 0.417. The molecule has 0 aromatic heterocycles. The van der Waals surface area contributed by atoms with Crippen LogP contribution >= 0.6 is 24.0 Å². The molecule has 4 nitrogen and oxygen atoms in total. The van der Waals surface area contributed by atoms with Crippen LogP contribution in [0.15, 0.2) is 24.3 Å². The number of carbonyl (C=O) groups excluding carboxylic acids is 1. The summed E-state index contributed by atoms with van der Waals surface area (Å²) in [4.78, 5) is 13.7. The van der Waals surface area contributed by atoms with E-state index in [4.69, 9.17) is 17.3 Å². The molecule has 0 saturated carbocycles. The number of nitrogens with zero attached hydrogens (tertiary/aromatic N) is 1. The average Bonchev–Trinajstić information content (AvgIpc) is 2.32. The minimum atomic E-state index is -0.0949. The second-order valence-corrected chi connectivity index (χ2v) is 4.72. The number of hydrogen-bond donors (Lipinski definition) is 2. The summed E-state index contributed by atoms with van der Waals surface area (Å²) in [5.41, 5.74) is 6.59. The van der Waals surface area contributed by atoms with Gasteiger partial charge < -0.3 is 16.0 Å². The third-order valence-corrected chi connectivity index (χ3v) is 3.09. The van der Waals surface area contributed by atoms with Crippen molar-refractivity contribution < 1.29 is 4.79 Å². The first kappa shape index (κ1) is 15.1. The third kappa shape index (κ3) is 4.05. The van der Waals surface area contributed by atoms with E-state index in [1.165, 1.54) is 0 Å². The maximum Gasteiger partial charge on any atom is 0.321 e. The molecule has 1 aliphatic rings. The van der Waals surface area contributed by atoms with E-state index < -0.39 is 0 Å². The summed E-state index contributed by atoms with van der Waals surface area (Å²) in [7, 11) is 0. The molecule has 0 spiro atoms. The van der Waals surface area contributed by atoms with Gasteiger partial charge in [-0.15, -0.1) is 12.4 Å². The maximum atomic E-state index is 11.9. The van der Waals surface area contributed by atoms with Crippen molar-refractivity contribution in [2.45, 2.75) is 18.9 Å². The van der Waals surface area contributed by atoms with Crippen LogP contribution in [-0.4, -0.2) is 30.1 Å². The molecule has 1 aromatic rings. The zero-order valence-corrected chi connectivity index (χ0v) is 11.5. The molecule has 1 heterocycles. The highest BCUT2D eigenvalue weighted by molar-refractivity contribution is 6.30. The minimum absolute atomic E-state index is 0. The largest absolute Gasteiger partial charge is 0.326 e. The molecule has 3 N–H and O–H groups in total. The molecule has 2 amide bonds. The standard InChI is InChI=1S/C12H16ClN3O.ClH/c13-9-3-5-11(6-4-9)15-12(17)16-7-1-2-10(14)8-16;/h3-6,10H,1-2,7-8,14H2,(H,15,17);1H. The number of nitrogens with one attached hydrogen (secondary N) is 1. The maximum absolute atomic E-state index is 11.9. The van der Waals surface area contributed by atoms with Crippen molar-refractivity contribution >= 4 is 35.7 Å². The first-order valence-electron chi connectivity index (χ1n) is 5.72. The zero-order valence-electron chi connectivity index (χ0n) is 9.93. The van der Waals surface area contributed by atoms with Gasteiger partial charge in [-0.1, -0.05) is 11.6 Å². The van der Waals surface area contributed by atoms with E-state index in [1.54, 1.807) is 29.2 Å².